The second-order valence-electron chi connectivity index (χ2n) is 7.16. The minimum atomic E-state index is -0.304. The van der Waals surface area contributed by atoms with E-state index in [1.54, 1.807) is 18.2 Å². The summed E-state index contributed by atoms with van der Waals surface area (Å²) in [4.78, 5) is 17.4. The van der Waals surface area contributed by atoms with E-state index >= 15 is 0 Å². The number of nitrogens with zero attached hydrogens (tertiary/aromatic N) is 1. The molecule has 0 spiro atoms. The van der Waals surface area contributed by atoms with Gasteiger partial charge in [-0.2, -0.15) is 0 Å². The van der Waals surface area contributed by atoms with Crippen molar-refractivity contribution in [3.05, 3.63) is 66.0 Å². The Morgan fingerprint density at radius 1 is 1.14 bits per heavy atom. The van der Waals surface area contributed by atoms with E-state index in [4.69, 9.17) is 4.74 Å². The van der Waals surface area contributed by atoms with E-state index in [1.807, 2.05) is 24.3 Å². The second-order valence-corrected chi connectivity index (χ2v) is 7.16. The van der Waals surface area contributed by atoms with E-state index in [2.05, 4.69) is 24.1 Å². The van der Waals surface area contributed by atoms with Crippen LogP contribution in [0.5, 0.6) is 0 Å². The van der Waals surface area contributed by atoms with E-state index in [-0.39, 0.29) is 11.7 Å². The molecule has 4 nitrogen and oxygen atoms in total. The van der Waals surface area contributed by atoms with E-state index < -0.39 is 0 Å². The second kappa shape index (κ2) is 9.42. The van der Waals surface area contributed by atoms with Crippen molar-refractivity contribution < 1.29 is 13.9 Å². The van der Waals surface area contributed by atoms with E-state index in [9.17, 15) is 9.18 Å². The Kier molecular flexibility index (Phi) is 6.71. The fourth-order valence-electron chi connectivity index (χ4n) is 2.92. The molecule has 0 aliphatic carbocycles. The van der Waals surface area contributed by atoms with Gasteiger partial charge in [-0.1, -0.05) is 32.0 Å². The number of pyridine rings is 1. The number of para-hydroxylation sites is 1. The number of hydrogen-bond donors (Lipinski definition) is 1. The van der Waals surface area contributed by atoms with Gasteiger partial charge in [-0.25, -0.2) is 9.37 Å². The Bertz CT molecular complexity index is 939. The maximum atomic E-state index is 13.2. The first kappa shape index (κ1) is 20.0. The van der Waals surface area contributed by atoms with Crippen molar-refractivity contribution in [2.45, 2.75) is 20.3 Å². The van der Waals surface area contributed by atoms with Crippen LogP contribution in [0, 0.1) is 11.7 Å². The van der Waals surface area contributed by atoms with Gasteiger partial charge in [-0.3, -0.25) is 4.79 Å². The lowest BCUT2D eigenvalue weighted by molar-refractivity contribution is 0.0926. The van der Waals surface area contributed by atoms with E-state index in [0.29, 0.717) is 30.3 Å². The summed E-state index contributed by atoms with van der Waals surface area (Å²) in [6.45, 7) is 6.10. The molecule has 3 aromatic rings. The number of carbonyl (C=O) groups excluding carboxylic acids is 1. The quantitative estimate of drug-likeness (QED) is 0.569. The van der Waals surface area contributed by atoms with Crippen molar-refractivity contribution in [3.63, 3.8) is 0 Å². The van der Waals surface area contributed by atoms with Crippen molar-refractivity contribution in [1.82, 2.24) is 10.3 Å². The smallest absolute Gasteiger partial charge is 0.252 e. The normalized spacial score (nSPS) is 11.1. The molecule has 1 amide bonds. The minimum absolute atomic E-state index is 0.147. The van der Waals surface area contributed by atoms with Crippen molar-refractivity contribution in [3.8, 4) is 11.3 Å². The largest absolute Gasteiger partial charge is 0.381 e. The third-order valence-corrected chi connectivity index (χ3v) is 4.30. The highest BCUT2D eigenvalue weighted by atomic mass is 19.1. The molecule has 0 fully saturated rings. The predicted molar refractivity (Wildman–Crippen MR) is 110 cm³/mol. The maximum absolute atomic E-state index is 13.2. The highest BCUT2D eigenvalue weighted by Crippen LogP contribution is 2.25. The molecular formula is C23H25FN2O2. The van der Waals surface area contributed by atoms with Crippen LogP contribution in [-0.4, -0.2) is 30.6 Å². The topological polar surface area (TPSA) is 51.2 Å². The van der Waals surface area contributed by atoms with Crippen molar-refractivity contribution >= 4 is 16.8 Å². The predicted octanol–water partition coefficient (Wildman–Crippen LogP) is 4.83. The molecule has 2 aromatic carbocycles. The van der Waals surface area contributed by atoms with Gasteiger partial charge in [-0.15, -0.1) is 0 Å². The molecule has 5 heteroatoms. The molecule has 1 N–H and O–H groups in total. The molecule has 0 aliphatic heterocycles. The Labute approximate surface area is 164 Å². The fourth-order valence-corrected chi connectivity index (χ4v) is 2.92. The van der Waals surface area contributed by atoms with Crippen LogP contribution >= 0.6 is 0 Å². The highest BCUT2D eigenvalue weighted by molar-refractivity contribution is 6.07. The van der Waals surface area contributed by atoms with Gasteiger partial charge in [0.2, 0.25) is 0 Å². The van der Waals surface area contributed by atoms with Crippen LogP contribution in [0.15, 0.2) is 54.6 Å². The lowest BCUT2D eigenvalue weighted by atomic mass is 10.0. The number of halogens is 1. The number of nitrogens with one attached hydrogen (secondary N) is 1. The molecule has 0 radical (unpaired) electrons. The zero-order chi connectivity index (χ0) is 19.9. The van der Waals surface area contributed by atoms with Crippen LogP contribution in [-0.2, 0) is 4.74 Å². The van der Waals surface area contributed by atoms with E-state index in [0.717, 1.165) is 29.5 Å². The van der Waals surface area contributed by atoms with Crippen LogP contribution in [0.4, 0.5) is 4.39 Å². The van der Waals surface area contributed by atoms with Crippen LogP contribution in [0.25, 0.3) is 22.2 Å². The third-order valence-electron chi connectivity index (χ3n) is 4.30. The summed E-state index contributed by atoms with van der Waals surface area (Å²) in [6, 6.07) is 15.4. The zero-order valence-electron chi connectivity index (χ0n) is 16.2. The lowest BCUT2D eigenvalue weighted by Crippen LogP contribution is -2.25. The molecule has 146 valence electrons. The number of carbonyl (C=O) groups is 1. The number of rotatable bonds is 8. The van der Waals surface area contributed by atoms with Gasteiger partial charge in [0.1, 0.15) is 5.82 Å². The van der Waals surface area contributed by atoms with Crippen LogP contribution < -0.4 is 5.32 Å². The van der Waals surface area contributed by atoms with Crippen LogP contribution in [0.3, 0.4) is 0 Å². The Morgan fingerprint density at radius 2 is 1.89 bits per heavy atom. The summed E-state index contributed by atoms with van der Waals surface area (Å²) >= 11 is 0. The van der Waals surface area contributed by atoms with Crippen molar-refractivity contribution in [2.24, 2.45) is 5.92 Å². The number of fused-ring (bicyclic) bond motifs is 1. The Morgan fingerprint density at radius 3 is 2.64 bits per heavy atom. The number of aromatic nitrogens is 1. The molecule has 1 heterocycles. The Hall–Kier alpha value is -2.79. The first-order valence-corrected chi connectivity index (χ1v) is 9.56. The number of hydrogen-bond acceptors (Lipinski definition) is 3. The Balaban J connectivity index is 1.77. The van der Waals surface area contributed by atoms with Gasteiger partial charge in [-0.05, 0) is 48.7 Å². The highest BCUT2D eigenvalue weighted by Gasteiger charge is 2.13. The van der Waals surface area contributed by atoms with Gasteiger partial charge < -0.3 is 10.1 Å². The molecule has 28 heavy (non-hydrogen) atoms. The van der Waals surface area contributed by atoms with Gasteiger partial charge in [0.15, 0.2) is 0 Å². The average Bonchev–Trinajstić information content (AvgIpc) is 2.70. The molecule has 0 bridgehead atoms. The van der Waals surface area contributed by atoms with E-state index in [1.165, 1.54) is 12.1 Å². The fraction of sp³-hybridized carbons (Fsp3) is 0.304. The molecule has 0 atom stereocenters. The van der Waals surface area contributed by atoms with Crippen molar-refractivity contribution in [2.75, 3.05) is 19.8 Å². The average molecular weight is 380 g/mol. The standard InChI is InChI=1S/C23H25FN2O2/c1-16(2)15-28-13-5-12-25-23(27)20-14-22(17-8-10-18(24)11-9-17)26-21-7-4-3-6-19(20)21/h3-4,6-11,14,16H,5,12-13,15H2,1-2H3,(H,25,27). The van der Waals surface area contributed by atoms with Crippen LogP contribution in [0.2, 0.25) is 0 Å². The zero-order valence-corrected chi connectivity index (χ0v) is 16.2. The molecular weight excluding hydrogens is 355 g/mol. The first-order chi connectivity index (χ1) is 13.5. The summed E-state index contributed by atoms with van der Waals surface area (Å²) in [6.07, 6.45) is 0.756. The molecule has 1 aromatic heterocycles. The van der Waals surface area contributed by atoms with Gasteiger partial charge in [0, 0.05) is 30.7 Å². The molecule has 3 rings (SSSR count). The van der Waals surface area contributed by atoms with Crippen LogP contribution in [0.1, 0.15) is 30.6 Å². The summed E-state index contributed by atoms with van der Waals surface area (Å²) in [5, 5.41) is 3.75. The molecule has 0 unspecified atom stereocenters. The monoisotopic (exact) mass is 380 g/mol. The van der Waals surface area contributed by atoms with Gasteiger partial charge in [0.25, 0.3) is 5.91 Å². The summed E-state index contributed by atoms with van der Waals surface area (Å²) in [5.41, 5.74) is 2.70. The summed E-state index contributed by atoms with van der Waals surface area (Å²) < 4.78 is 18.8. The number of amides is 1. The van der Waals surface area contributed by atoms with Gasteiger partial charge >= 0.3 is 0 Å². The number of benzene rings is 2. The summed E-state index contributed by atoms with van der Waals surface area (Å²) in [7, 11) is 0. The molecule has 0 saturated carbocycles. The SMILES string of the molecule is CC(C)COCCCNC(=O)c1cc(-c2ccc(F)cc2)nc2ccccc12. The number of ether oxygens (including phenoxy) is 1. The maximum Gasteiger partial charge on any atom is 0.252 e. The van der Waals surface area contributed by atoms with Gasteiger partial charge in [0.05, 0.1) is 16.8 Å². The molecule has 0 saturated heterocycles. The minimum Gasteiger partial charge on any atom is -0.381 e. The third kappa shape index (κ3) is 5.14. The van der Waals surface area contributed by atoms with Crippen molar-refractivity contribution in [1.29, 1.82) is 0 Å². The summed E-state index contributed by atoms with van der Waals surface area (Å²) in [5.74, 6) is 0.0515. The first-order valence-electron chi connectivity index (χ1n) is 9.56. The molecule has 0 aliphatic rings. The lowest BCUT2D eigenvalue weighted by Gasteiger charge is -2.11.